The third kappa shape index (κ3) is 7.36. The number of aliphatic hydroxyl groups is 1. The molecule has 0 aliphatic carbocycles. The van der Waals surface area contributed by atoms with E-state index in [0.717, 1.165) is 34.1 Å². The summed E-state index contributed by atoms with van der Waals surface area (Å²) in [5.41, 5.74) is 3.20. The molecule has 2 heterocycles. The zero-order valence-electron chi connectivity index (χ0n) is 21.7. The molecule has 1 fully saturated rings. The smallest absolute Gasteiger partial charge is 0.328 e. The van der Waals surface area contributed by atoms with Crippen LogP contribution in [0.5, 0.6) is 5.75 Å². The number of hydrogen-bond acceptors (Lipinski definition) is 9. The summed E-state index contributed by atoms with van der Waals surface area (Å²) in [7, 11) is 0. The maximum Gasteiger partial charge on any atom is 0.328 e. The van der Waals surface area contributed by atoms with Crippen LogP contribution in [0, 0.1) is 0 Å². The van der Waals surface area contributed by atoms with Crippen molar-refractivity contribution in [3.8, 4) is 5.75 Å². The molecule has 0 bridgehead atoms. The summed E-state index contributed by atoms with van der Waals surface area (Å²) < 4.78 is 15.0. The highest BCUT2D eigenvalue weighted by Gasteiger charge is 2.55. The van der Waals surface area contributed by atoms with Gasteiger partial charge in [-0.25, -0.2) is 0 Å². The van der Waals surface area contributed by atoms with Gasteiger partial charge in [-0.3, -0.25) is 19.4 Å². The summed E-state index contributed by atoms with van der Waals surface area (Å²) in [5, 5.41) is 12.5. The van der Waals surface area contributed by atoms with Gasteiger partial charge in [-0.15, -0.1) is 0 Å². The van der Waals surface area contributed by atoms with E-state index in [1.807, 2.05) is 42.5 Å². The van der Waals surface area contributed by atoms with Gasteiger partial charge in [0.25, 0.3) is 5.24 Å². The van der Waals surface area contributed by atoms with E-state index in [2.05, 4.69) is 10.3 Å². The number of pyridine rings is 1. The van der Waals surface area contributed by atoms with Crippen LogP contribution in [-0.4, -0.2) is 44.9 Å². The van der Waals surface area contributed by atoms with Crippen LogP contribution in [0.2, 0.25) is 0 Å². The number of ether oxygens (including phenoxy) is 3. The fourth-order valence-corrected chi connectivity index (χ4v) is 5.16. The first kappa shape index (κ1) is 28.1. The molecule has 2 N–H and O–H groups in total. The molecule has 0 spiro atoms. The molecule has 3 atom stereocenters. The van der Waals surface area contributed by atoms with E-state index in [0.29, 0.717) is 18.8 Å². The second kappa shape index (κ2) is 12.8. The summed E-state index contributed by atoms with van der Waals surface area (Å²) in [6.07, 6.45) is 0.615. The van der Waals surface area contributed by atoms with Crippen LogP contribution in [-0.2, 0) is 38.5 Å². The van der Waals surface area contributed by atoms with Gasteiger partial charge in [-0.05, 0) is 48.0 Å². The highest BCUT2D eigenvalue weighted by atomic mass is 32.2. The molecule has 2 aromatic carbocycles. The predicted octanol–water partition coefficient (Wildman–Crippen LogP) is 4.13. The van der Waals surface area contributed by atoms with Crippen molar-refractivity contribution in [3.63, 3.8) is 0 Å². The first-order chi connectivity index (χ1) is 18.7. The van der Waals surface area contributed by atoms with Gasteiger partial charge in [0.15, 0.2) is 11.0 Å². The van der Waals surface area contributed by atoms with Crippen molar-refractivity contribution in [2.24, 2.45) is 0 Å². The van der Waals surface area contributed by atoms with E-state index in [9.17, 15) is 19.5 Å². The zero-order chi connectivity index (χ0) is 27.8. The van der Waals surface area contributed by atoms with Crippen LogP contribution in [0.3, 0.4) is 0 Å². The van der Waals surface area contributed by atoms with Crippen LogP contribution < -0.4 is 10.1 Å². The lowest BCUT2D eigenvalue weighted by Gasteiger charge is -2.27. The summed E-state index contributed by atoms with van der Waals surface area (Å²) in [6, 6.07) is 20.1. The van der Waals surface area contributed by atoms with E-state index in [1.54, 1.807) is 37.4 Å². The Hall–Kier alpha value is -3.89. The SMILES string of the molecule is CC(=O)OC(C)c1ccc(CCOc2ccc(C[C@]3(C(=O)OCc4ccccc4)SC(=O)NC3O)cc2)nc1. The topological polar surface area (TPSA) is 124 Å². The van der Waals surface area contributed by atoms with E-state index >= 15 is 0 Å². The fraction of sp³-hybridized carbons (Fsp3) is 0.310. The van der Waals surface area contributed by atoms with Gasteiger partial charge < -0.3 is 24.6 Å². The minimum atomic E-state index is -1.50. The van der Waals surface area contributed by atoms with Crippen LogP contribution in [0.15, 0.2) is 72.9 Å². The Labute approximate surface area is 230 Å². The maximum atomic E-state index is 13.1. The van der Waals surface area contributed by atoms with Gasteiger partial charge in [-0.1, -0.05) is 48.5 Å². The average molecular weight is 551 g/mol. The Morgan fingerprint density at radius 2 is 1.82 bits per heavy atom. The molecule has 4 rings (SSSR count). The molecule has 204 valence electrons. The van der Waals surface area contributed by atoms with Crippen molar-refractivity contribution < 1.29 is 33.7 Å². The van der Waals surface area contributed by atoms with Crippen LogP contribution in [0.4, 0.5) is 4.79 Å². The monoisotopic (exact) mass is 550 g/mol. The number of carbonyl (C=O) groups is 3. The van der Waals surface area contributed by atoms with Gasteiger partial charge in [0.2, 0.25) is 0 Å². The zero-order valence-corrected chi connectivity index (χ0v) is 22.5. The lowest BCUT2D eigenvalue weighted by molar-refractivity contribution is -0.151. The van der Waals surface area contributed by atoms with E-state index in [4.69, 9.17) is 14.2 Å². The summed E-state index contributed by atoms with van der Waals surface area (Å²) in [5.74, 6) is -0.371. The number of rotatable bonds is 11. The largest absolute Gasteiger partial charge is 0.493 e. The molecule has 0 radical (unpaired) electrons. The molecule has 1 aliphatic rings. The van der Waals surface area contributed by atoms with Gasteiger partial charge in [0.1, 0.15) is 18.5 Å². The van der Waals surface area contributed by atoms with Gasteiger partial charge in [0, 0.05) is 37.2 Å². The molecule has 1 amide bonds. The molecular formula is C29H30N2O7S. The number of hydrogen-bond donors (Lipinski definition) is 2. The Morgan fingerprint density at radius 1 is 1.08 bits per heavy atom. The van der Waals surface area contributed by atoms with Gasteiger partial charge in [0.05, 0.1) is 6.61 Å². The maximum absolute atomic E-state index is 13.1. The minimum absolute atomic E-state index is 0.0402. The second-order valence-corrected chi connectivity index (χ2v) is 10.4. The number of amides is 1. The minimum Gasteiger partial charge on any atom is -0.493 e. The molecule has 3 aromatic rings. The Kier molecular flexibility index (Phi) is 9.21. The Morgan fingerprint density at radius 3 is 2.44 bits per heavy atom. The van der Waals surface area contributed by atoms with E-state index < -0.39 is 22.2 Å². The normalized spacial score (nSPS) is 19.2. The first-order valence-electron chi connectivity index (χ1n) is 12.5. The summed E-state index contributed by atoms with van der Waals surface area (Å²) in [4.78, 5) is 40.7. The Bertz CT molecular complexity index is 1290. The van der Waals surface area contributed by atoms with Crippen molar-refractivity contribution in [3.05, 3.63) is 95.3 Å². The molecule has 1 aromatic heterocycles. The van der Waals surface area contributed by atoms with Crippen LogP contribution in [0.25, 0.3) is 0 Å². The van der Waals surface area contributed by atoms with E-state index in [-0.39, 0.29) is 25.1 Å². The number of esters is 2. The molecular weight excluding hydrogens is 520 g/mol. The summed E-state index contributed by atoms with van der Waals surface area (Å²) in [6.45, 7) is 3.60. The number of nitrogens with one attached hydrogen (secondary N) is 1. The number of benzene rings is 2. The first-order valence-corrected chi connectivity index (χ1v) is 13.3. The number of aliphatic hydroxyl groups excluding tert-OH is 1. The molecule has 2 unspecified atom stereocenters. The average Bonchev–Trinajstić information content (AvgIpc) is 3.22. The standard InChI is InChI=1S/C29H30N2O7S/c1-19(38-20(2)32)23-10-11-24(30-17-23)14-15-36-25-12-8-21(9-13-25)16-29(26(33)31-28(35)39-29)27(34)37-18-22-6-4-3-5-7-22/h3-13,17,19,26,33H,14-16,18H2,1-2H3,(H,31,35)/t19?,26?,29-/m0/s1. The molecule has 10 heteroatoms. The highest BCUT2D eigenvalue weighted by molar-refractivity contribution is 8.15. The molecule has 0 saturated carbocycles. The van der Waals surface area contributed by atoms with Gasteiger partial charge in [-0.2, -0.15) is 0 Å². The molecule has 1 saturated heterocycles. The van der Waals surface area contributed by atoms with Gasteiger partial charge >= 0.3 is 11.9 Å². The predicted molar refractivity (Wildman–Crippen MR) is 145 cm³/mol. The molecule has 9 nitrogen and oxygen atoms in total. The van der Waals surface area contributed by atoms with Crippen molar-refractivity contribution in [2.45, 2.75) is 50.4 Å². The van der Waals surface area contributed by atoms with Crippen molar-refractivity contribution in [1.82, 2.24) is 10.3 Å². The summed E-state index contributed by atoms with van der Waals surface area (Å²) >= 11 is 0.743. The van der Waals surface area contributed by atoms with Crippen molar-refractivity contribution >= 4 is 28.9 Å². The van der Waals surface area contributed by atoms with Crippen molar-refractivity contribution in [1.29, 1.82) is 0 Å². The fourth-order valence-electron chi connectivity index (χ4n) is 4.10. The quantitative estimate of drug-likeness (QED) is 0.339. The number of nitrogens with zero attached hydrogens (tertiary/aromatic N) is 1. The Balaban J connectivity index is 1.33. The highest BCUT2D eigenvalue weighted by Crippen LogP contribution is 2.39. The lowest BCUT2D eigenvalue weighted by atomic mass is 9.96. The van der Waals surface area contributed by atoms with Crippen LogP contribution in [0.1, 0.15) is 42.3 Å². The molecule has 1 aliphatic heterocycles. The lowest BCUT2D eigenvalue weighted by Crippen LogP contribution is -2.50. The number of thioether (sulfide) groups is 1. The van der Waals surface area contributed by atoms with E-state index in [1.165, 1.54) is 6.92 Å². The third-order valence-electron chi connectivity index (χ3n) is 6.21. The number of carbonyl (C=O) groups excluding carboxylic acids is 3. The van der Waals surface area contributed by atoms with Crippen molar-refractivity contribution in [2.75, 3.05) is 6.61 Å². The van der Waals surface area contributed by atoms with Crippen LogP contribution >= 0.6 is 11.8 Å². The third-order valence-corrected chi connectivity index (χ3v) is 7.41. The second-order valence-electron chi connectivity index (χ2n) is 9.14. The number of aromatic nitrogens is 1. The molecule has 39 heavy (non-hydrogen) atoms.